The zero-order valence-corrected chi connectivity index (χ0v) is 16.0. The van der Waals surface area contributed by atoms with E-state index in [1.54, 1.807) is 0 Å². The average molecular weight is 426 g/mol. The zero-order valence-electron chi connectivity index (χ0n) is 16.0. The molecular formula is C19H18F4N4O3. The van der Waals surface area contributed by atoms with E-state index in [9.17, 15) is 22.4 Å². The fraction of sp³-hybridized carbons (Fsp3) is 0.316. The van der Waals surface area contributed by atoms with E-state index in [4.69, 9.17) is 10.5 Å². The number of nitrogens with two attached hydrogens (primary N) is 1. The van der Waals surface area contributed by atoms with Gasteiger partial charge in [-0.1, -0.05) is 0 Å². The molecule has 11 heteroatoms. The van der Waals surface area contributed by atoms with E-state index >= 15 is 0 Å². The Balaban J connectivity index is 1.89. The third-order valence-electron chi connectivity index (χ3n) is 4.58. The van der Waals surface area contributed by atoms with E-state index in [1.807, 2.05) is 0 Å². The summed E-state index contributed by atoms with van der Waals surface area (Å²) in [5, 5.41) is 2.53. The van der Waals surface area contributed by atoms with Crippen LogP contribution in [0.3, 0.4) is 0 Å². The molecule has 3 N–H and O–H groups in total. The van der Waals surface area contributed by atoms with Crippen LogP contribution in [0, 0.1) is 5.82 Å². The molecule has 1 aromatic carbocycles. The number of aliphatic imine (C=N–C) groups is 1. The van der Waals surface area contributed by atoms with Gasteiger partial charge in [-0.15, -0.1) is 0 Å². The van der Waals surface area contributed by atoms with Gasteiger partial charge in [0.15, 0.2) is 6.10 Å². The molecule has 0 bridgehead atoms. The molecule has 1 aromatic heterocycles. The number of methoxy groups -OCH3 is 1. The number of aromatic nitrogens is 1. The molecule has 0 radical (unpaired) electrons. The summed E-state index contributed by atoms with van der Waals surface area (Å²) >= 11 is 0. The highest BCUT2D eigenvalue weighted by atomic mass is 19.4. The highest BCUT2D eigenvalue weighted by Gasteiger charge is 2.50. The molecule has 3 rings (SSSR count). The van der Waals surface area contributed by atoms with Crippen molar-refractivity contribution in [3.05, 3.63) is 53.6 Å². The minimum Gasteiger partial charge on any atom is -0.495 e. The lowest BCUT2D eigenvalue weighted by Gasteiger charge is -2.36. The second-order valence-electron chi connectivity index (χ2n) is 6.81. The van der Waals surface area contributed by atoms with E-state index in [2.05, 4.69) is 20.0 Å². The molecule has 7 nitrogen and oxygen atoms in total. The summed E-state index contributed by atoms with van der Waals surface area (Å²) in [6.07, 6.45) is -6.26. The van der Waals surface area contributed by atoms with Crippen LogP contribution in [-0.4, -0.2) is 36.3 Å². The standard InChI is InChI=1S/C19H18F4N4O3/c1-18(8-15(19(21,22)23)30-17(24)27-18)12-7-10(3-5-13(12)20)26-16(28)14-6-4-11(29-2)9-25-14/h3-7,9,15H,8H2,1-2H3,(H2,24,27)(H,26,28)/t15-,18+/m0/s1. The summed E-state index contributed by atoms with van der Waals surface area (Å²) in [7, 11) is 1.45. The normalized spacial score (nSPS) is 21.4. The molecule has 1 aliphatic heterocycles. The first kappa shape index (κ1) is 21.3. The number of halogens is 4. The van der Waals surface area contributed by atoms with Crippen LogP contribution in [0.2, 0.25) is 0 Å². The molecule has 0 saturated heterocycles. The summed E-state index contributed by atoms with van der Waals surface area (Å²) < 4.78 is 63.6. The number of amidine groups is 1. The number of anilines is 1. The average Bonchev–Trinajstić information content (AvgIpc) is 2.68. The van der Waals surface area contributed by atoms with Crippen molar-refractivity contribution in [3.63, 3.8) is 0 Å². The molecule has 160 valence electrons. The van der Waals surface area contributed by atoms with E-state index in [1.165, 1.54) is 44.5 Å². The van der Waals surface area contributed by atoms with Crippen molar-refractivity contribution in [1.29, 1.82) is 0 Å². The van der Waals surface area contributed by atoms with Crippen molar-refractivity contribution >= 4 is 17.6 Å². The number of alkyl halides is 3. The molecule has 1 aliphatic rings. The van der Waals surface area contributed by atoms with Gasteiger partial charge in [0.05, 0.1) is 18.8 Å². The van der Waals surface area contributed by atoms with Crippen molar-refractivity contribution in [1.82, 2.24) is 4.98 Å². The van der Waals surface area contributed by atoms with Gasteiger partial charge in [-0.2, -0.15) is 13.2 Å². The first-order valence-electron chi connectivity index (χ1n) is 8.72. The molecule has 0 spiro atoms. The second-order valence-corrected chi connectivity index (χ2v) is 6.81. The Morgan fingerprint density at radius 3 is 2.67 bits per heavy atom. The molecule has 2 atom stereocenters. The number of nitrogens with zero attached hydrogens (tertiary/aromatic N) is 2. The molecule has 1 amide bonds. The van der Waals surface area contributed by atoms with Gasteiger partial charge in [-0.25, -0.2) is 14.4 Å². The lowest BCUT2D eigenvalue weighted by atomic mass is 9.85. The summed E-state index contributed by atoms with van der Waals surface area (Å²) in [5.74, 6) is -0.932. The largest absolute Gasteiger partial charge is 0.495 e. The van der Waals surface area contributed by atoms with E-state index < -0.39 is 42.0 Å². The fourth-order valence-electron chi connectivity index (χ4n) is 3.06. The third-order valence-corrected chi connectivity index (χ3v) is 4.58. The van der Waals surface area contributed by atoms with Crippen LogP contribution in [0.25, 0.3) is 0 Å². The minimum absolute atomic E-state index is 0.0679. The Morgan fingerprint density at radius 1 is 1.33 bits per heavy atom. The van der Waals surface area contributed by atoms with Crippen molar-refractivity contribution < 1.29 is 31.8 Å². The number of amides is 1. The smallest absolute Gasteiger partial charge is 0.425 e. The zero-order chi connectivity index (χ0) is 22.1. The van der Waals surface area contributed by atoms with Gasteiger partial charge in [-0.3, -0.25) is 4.79 Å². The van der Waals surface area contributed by atoms with Crippen molar-refractivity contribution in [2.24, 2.45) is 10.7 Å². The molecule has 0 aliphatic carbocycles. The molecule has 0 saturated carbocycles. The number of benzene rings is 1. The van der Waals surface area contributed by atoms with E-state index in [-0.39, 0.29) is 16.9 Å². The van der Waals surface area contributed by atoms with Gasteiger partial charge in [-0.05, 0) is 37.3 Å². The molecule has 0 fully saturated rings. The quantitative estimate of drug-likeness (QED) is 0.731. The lowest BCUT2D eigenvalue weighted by Crippen LogP contribution is -2.46. The van der Waals surface area contributed by atoms with Gasteiger partial charge >= 0.3 is 6.18 Å². The number of rotatable bonds is 4. The van der Waals surface area contributed by atoms with Crippen molar-refractivity contribution in [2.45, 2.75) is 31.2 Å². The molecule has 30 heavy (non-hydrogen) atoms. The summed E-state index contributed by atoms with van der Waals surface area (Å²) in [4.78, 5) is 20.2. The molecule has 2 heterocycles. The number of nitrogens with one attached hydrogen (secondary N) is 1. The van der Waals surface area contributed by atoms with Gasteiger partial charge < -0.3 is 20.5 Å². The Morgan fingerprint density at radius 2 is 2.07 bits per heavy atom. The predicted molar refractivity (Wildman–Crippen MR) is 99.7 cm³/mol. The Hall–Kier alpha value is -3.37. The number of carbonyl (C=O) groups excluding carboxylic acids is 1. The van der Waals surface area contributed by atoms with Crippen molar-refractivity contribution in [2.75, 3.05) is 12.4 Å². The number of carbonyl (C=O) groups is 1. The highest BCUT2D eigenvalue weighted by molar-refractivity contribution is 6.02. The number of hydrogen-bond donors (Lipinski definition) is 2. The van der Waals surface area contributed by atoms with Gasteiger partial charge in [0.1, 0.15) is 17.3 Å². The third kappa shape index (κ3) is 4.44. The van der Waals surface area contributed by atoms with Crippen molar-refractivity contribution in [3.8, 4) is 5.75 Å². The highest BCUT2D eigenvalue weighted by Crippen LogP contribution is 2.41. The van der Waals surface area contributed by atoms with Crippen LogP contribution in [0.5, 0.6) is 5.75 Å². The summed E-state index contributed by atoms with van der Waals surface area (Å²) in [6, 6.07) is 5.79. The first-order chi connectivity index (χ1) is 14.0. The van der Waals surface area contributed by atoms with Crippen LogP contribution in [-0.2, 0) is 10.3 Å². The fourth-order valence-corrected chi connectivity index (χ4v) is 3.06. The van der Waals surface area contributed by atoms with Crippen LogP contribution >= 0.6 is 0 Å². The van der Waals surface area contributed by atoms with Gasteiger partial charge in [0.25, 0.3) is 11.9 Å². The van der Waals surface area contributed by atoms with Crippen LogP contribution in [0.4, 0.5) is 23.2 Å². The Bertz CT molecular complexity index is 979. The van der Waals surface area contributed by atoms with E-state index in [0.717, 1.165) is 6.07 Å². The maximum Gasteiger partial charge on any atom is 0.425 e. The molecule has 2 aromatic rings. The number of pyridine rings is 1. The van der Waals surface area contributed by atoms with Crippen LogP contribution in [0.1, 0.15) is 29.4 Å². The number of ether oxygens (including phenoxy) is 2. The van der Waals surface area contributed by atoms with Crippen LogP contribution in [0.15, 0.2) is 41.5 Å². The maximum atomic E-state index is 14.5. The minimum atomic E-state index is -4.70. The molecule has 0 unspecified atom stereocenters. The van der Waals surface area contributed by atoms with Gasteiger partial charge in [0.2, 0.25) is 0 Å². The van der Waals surface area contributed by atoms with Crippen LogP contribution < -0.4 is 15.8 Å². The monoisotopic (exact) mass is 426 g/mol. The Kier molecular flexibility index (Phi) is 5.55. The van der Waals surface area contributed by atoms with Gasteiger partial charge in [0, 0.05) is 17.7 Å². The first-order valence-corrected chi connectivity index (χ1v) is 8.72. The topological polar surface area (TPSA) is 98.8 Å². The lowest BCUT2D eigenvalue weighted by molar-refractivity contribution is -0.208. The molecular weight excluding hydrogens is 408 g/mol. The SMILES string of the molecule is COc1ccc(C(=O)Nc2ccc(F)c([C@@]3(C)C[C@@H](C(F)(F)F)OC(N)=N3)c2)nc1. The summed E-state index contributed by atoms with van der Waals surface area (Å²) in [5.41, 5.74) is 3.83. The number of hydrogen-bond acceptors (Lipinski definition) is 6. The maximum absolute atomic E-state index is 14.5. The second kappa shape index (κ2) is 7.81. The predicted octanol–water partition coefficient (Wildman–Crippen LogP) is 3.36. The van der Waals surface area contributed by atoms with E-state index in [0.29, 0.717) is 5.75 Å². The Labute approximate surface area is 168 Å². The summed E-state index contributed by atoms with van der Waals surface area (Å²) in [6.45, 7) is 1.32.